The summed E-state index contributed by atoms with van der Waals surface area (Å²) in [6, 6.07) is 13.2. The smallest absolute Gasteiger partial charge is 0.0281 e. The minimum atomic E-state index is 1.21. The normalized spacial score (nSPS) is 9.90. The van der Waals surface area contributed by atoms with Gasteiger partial charge in [0, 0.05) is 0 Å². The third-order valence-corrected chi connectivity index (χ3v) is 3.77. The molecule has 0 amide bonds. The molecular weight excluding hydrogens is 240 g/mol. The Kier molecular flexibility index (Phi) is 6.51. The zero-order chi connectivity index (χ0) is 15.1. The average Bonchev–Trinajstić information content (AvgIpc) is 2.40. The predicted molar refractivity (Wildman–Crippen MR) is 90.6 cm³/mol. The summed E-state index contributed by atoms with van der Waals surface area (Å²) in [6.45, 7) is 12.9. The van der Waals surface area contributed by atoms with Gasteiger partial charge in [0.1, 0.15) is 0 Å². The SMILES string of the molecule is CCCc1ccc(C)c(C)c1.Cc1ccc(C)c(C)c1. The summed E-state index contributed by atoms with van der Waals surface area (Å²) in [4.78, 5) is 0. The van der Waals surface area contributed by atoms with E-state index in [0.717, 1.165) is 0 Å². The van der Waals surface area contributed by atoms with Crippen molar-refractivity contribution in [2.24, 2.45) is 0 Å². The Morgan fingerprint density at radius 2 is 1.20 bits per heavy atom. The molecular formula is C20H28. The van der Waals surface area contributed by atoms with Gasteiger partial charge in [0.2, 0.25) is 0 Å². The summed E-state index contributed by atoms with van der Waals surface area (Å²) in [5.41, 5.74) is 8.38. The molecule has 0 nitrogen and oxygen atoms in total. The molecule has 0 bridgehead atoms. The van der Waals surface area contributed by atoms with Crippen LogP contribution in [-0.2, 0) is 6.42 Å². The van der Waals surface area contributed by atoms with E-state index in [1.807, 2.05) is 0 Å². The van der Waals surface area contributed by atoms with Crippen molar-refractivity contribution < 1.29 is 0 Å². The molecule has 0 aliphatic rings. The van der Waals surface area contributed by atoms with Gasteiger partial charge in [0.25, 0.3) is 0 Å². The van der Waals surface area contributed by atoms with Crippen molar-refractivity contribution in [2.45, 2.75) is 54.4 Å². The third-order valence-electron chi connectivity index (χ3n) is 3.77. The van der Waals surface area contributed by atoms with Crippen LogP contribution in [0.25, 0.3) is 0 Å². The van der Waals surface area contributed by atoms with E-state index in [-0.39, 0.29) is 0 Å². The highest BCUT2D eigenvalue weighted by molar-refractivity contribution is 5.30. The van der Waals surface area contributed by atoms with Crippen molar-refractivity contribution in [2.75, 3.05) is 0 Å². The number of hydrogen-bond acceptors (Lipinski definition) is 0. The second kappa shape index (κ2) is 7.89. The van der Waals surface area contributed by atoms with Gasteiger partial charge in [-0.3, -0.25) is 0 Å². The van der Waals surface area contributed by atoms with E-state index in [1.54, 1.807) is 0 Å². The summed E-state index contributed by atoms with van der Waals surface area (Å²) in [6.07, 6.45) is 2.45. The largest absolute Gasteiger partial charge is 0.0651 e. The van der Waals surface area contributed by atoms with Crippen LogP contribution in [0.5, 0.6) is 0 Å². The molecule has 20 heavy (non-hydrogen) atoms. The Hall–Kier alpha value is -1.56. The zero-order valence-corrected chi connectivity index (χ0v) is 13.9. The highest BCUT2D eigenvalue weighted by Gasteiger charge is 1.94. The maximum atomic E-state index is 2.29. The zero-order valence-electron chi connectivity index (χ0n) is 13.9. The highest BCUT2D eigenvalue weighted by Crippen LogP contribution is 2.11. The van der Waals surface area contributed by atoms with Gasteiger partial charge in [-0.25, -0.2) is 0 Å². The maximum absolute atomic E-state index is 2.29. The lowest BCUT2D eigenvalue weighted by Crippen LogP contribution is -1.86. The first-order valence-corrected chi connectivity index (χ1v) is 7.54. The molecule has 0 aliphatic carbocycles. The lowest BCUT2D eigenvalue weighted by atomic mass is 10.0. The second-order valence-corrected chi connectivity index (χ2v) is 5.76. The maximum Gasteiger partial charge on any atom is -0.0281 e. The Morgan fingerprint density at radius 1 is 0.650 bits per heavy atom. The van der Waals surface area contributed by atoms with Crippen molar-refractivity contribution in [3.8, 4) is 0 Å². The van der Waals surface area contributed by atoms with Crippen LogP contribution in [0.2, 0.25) is 0 Å². The third kappa shape index (κ3) is 5.21. The molecule has 0 aliphatic heterocycles. The van der Waals surface area contributed by atoms with E-state index in [9.17, 15) is 0 Å². The molecule has 2 aromatic rings. The van der Waals surface area contributed by atoms with Crippen LogP contribution in [-0.4, -0.2) is 0 Å². The molecule has 0 radical (unpaired) electrons. The molecule has 2 aromatic carbocycles. The molecule has 0 spiro atoms. The Bertz CT molecular complexity index is 550. The average molecular weight is 268 g/mol. The van der Waals surface area contributed by atoms with Crippen molar-refractivity contribution >= 4 is 0 Å². The first-order chi connectivity index (χ1) is 9.43. The Labute approximate surface area is 124 Å². The van der Waals surface area contributed by atoms with Crippen LogP contribution in [0.4, 0.5) is 0 Å². The highest BCUT2D eigenvalue weighted by atomic mass is 14.0. The first kappa shape index (κ1) is 16.5. The van der Waals surface area contributed by atoms with Gasteiger partial charge in [-0.05, 0) is 68.9 Å². The molecule has 0 unspecified atom stereocenters. The van der Waals surface area contributed by atoms with E-state index < -0.39 is 0 Å². The lowest BCUT2D eigenvalue weighted by Gasteiger charge is -2.02. The number of aryl methyl sites for hydroxylation is 6. The summed E-state index contributed by atoms with van der Waals surface area (Å²) in [7, 11) is 0. The molecule has 0 heterocycles. The van der Waals surface area contributed by atoms with Crippen LogP contribution in [0.1, 0.15) is 46.7 Å². The molecule has 0 N–H and O–H groups in total. The number of rotatable bonds is 2. The number of benzene rings is 2. The second-order valence-electron chi connectivity index (χ2n) is 5.76. The molecule has 0 saturated heterocycles. The molecule has 0 heteroatoms. The summed E-state index contributed by atoms with van der Waals surface area (Å²) >= 11 is 0. The number of hydrogen-bond donors (Lipinski definition) is 0. The fourth-order valence-electron chi connectivity index (χ4n) is 2.14. The van der Waals surface area contributed by atoms with Crippen molar-refractivity contribution in [3.05, 3.63) is 69.8 Å². The minimum absolute atomic E-state index is 1.21. The van der Waals surface area contributed by atoms with Crippen LogP contribution in [0, 0.1) is 34.6 Å². The van der Waals surface area contributed by atoms with Gasteiger partial charge in [-0.15, -0.1) is 0 Å². The molecule has 0 atom stereocenters. The fourth-order valence-corrected chi connectivity index (χ4v) is 2.14. The van der Waals surface area contributed by atoms with Gasteiger partial charge >= 0.3 is 0 Å². The first-order valence-electron chi connectivity index (χ1n) is 7.54. The molecule has 0 aromatic heterocycles. The van der Waals surface area contributed by atoms with Gasteiger partial charge in [-0.2, -0.15) is 0 Å². The predicted octanol–water partition coefficient (Wildman–Crippen LogP) is 5.87. The fraction of sp³-hybridized carbons (Fsp3) is 0.400. The molecule has 2 rings (SSSR count). The lowest BCUT2D eigenvalue weighted by molar-refractivity contribution is 0.919. The van der Waals surface area contributed by atoms with Crippen molar-refractivity contribution in [1.29, 1.82) is 0 Å². The monoisotopic (exact) mass is 268 g/mol. The molecule has 0 fully saturated rings. The van der Waals surface area contributed by atoms with E-state index in [2.05, 4.69) is 77.9 Å². The Morgan fingerprint density at radius 3 is 1.65 bits per heavy atom. The van der Waals surface area contributed by atoms with E-state index in [1.165, 1.54) is 46.2 Å². The van der Waals surface area contributed by atoms with E-state index in [4.69, 9.17) is 0 Å². The standard InChI is InChI=1S/C11H16.C9H12/c1-4-5-11-7-6-9(2)10(3)8-11;1-7-4-5-8(2)9(3)6-7/h6-8H,4-5H2,1-3H3;4-6H,1-3H3. The Balaban J connectivity index is 0.000000204. The summed E-state index contributed by atoms with van der Waals surface area (Å²) < 4.78 is 0. The van der Waals surface area contributed by atoms with Crippen molar-refractivity contribution in [3.63, 3.8) is 0 Å². The minimum Gasteiger partial charge on any atom is -0.0651 e. The summed E-state index contributed by atoms with van der Waals surface area (Å²) in [5, 5.41) is 0. The van der Waals surface area contributed by atoms with E-state index in [0.29, 0.717) is 0 Å². The van der Waals surface area contributed by atoms with Crippen LogP contribution >= 0.6 is 0 Å². The quantitative estimate of drug-likeness (QED) is 0.639. The topological polar surface area (TPSA) is 0 Å². The van der Waals surface area contributed by atoms with E-state index >= 15 is 0 Å². The van der Waals surface area contributed by atoms with Crippen LogP contribution < -0.4 is 0 Å². The summed E-state index contributed by atoms with van der Waals surface area (Å²) in [5.74, 6) is 0. The van der Waals surface area contributed by atoms with Crippen LogP contribution in [0.3, 0.4) is 0 Å². The molecule has 0 saturated carbocycles. The molecule has 108 valence electrons. The van der Waals surface area contributed by atoms with Crippen LogP contribution in [0.15, 0.2) is 36.4 Å². The van der Waals surface area contributed by atoms with Gasteiger partial charge < -0.3 is 0 Å². The van der Waals surface area contributed by atoms with Crippen molar-refractivity contribution in [1.82, 2.24) is 0 Å². The van der Waals surface area contributed by atoms with Gasteiger partial charge in [0.05, 0.1) is 0 Å². The van der Waals surface area contributed by atoms with Gasteiger partial charge in [-0.1, -0.05) is 55.3 Å². The van der Waals surface area contributed by atoms with Gasteiger partial charge in [0.15, 0.2) is 0 Å².